The number of carbonyl (C=O) groups excluding carboxylic acids is 2. The number of carbonyl (C=O) groups is 2. The minimum atomic E-state index is -0.555. The molecule has 2 N–H and O–H groups in total. The minimum Gasteiger partial charge on any atom is -0.346 e. The Morgan fingerprint density at radius 3 is 2.21 bits per heavy atom. The highest BCUT2D eigenvalue weighted by Gasteiger charge is 2.13. The van der Waals surface area contributed by atoms with E-state index in [1.54, 1.807) is 24.3 Å². The number of hydrogen-bond donors (Lipinski definition) is 2. The molecular formula is C22H19N3O4. The van der Waals surface area contributed by atoms with E-state index in [0.717, 1.165) is 5.56 Å². The van der Waals surface area contributed by atoms with E-state index in [4.69, 9.17) is 0 Å². The first-order chi connectivity index (χ1) is 13.9. The average molecular weight is 389 g/mol. The third-order valence-electron chi connectivity index (χ3n) is 4.37. The Bertz CT molecular complexity index is 1030. The number of hydrogen-bond acceptors (Lipinski definition) is 4. The van der Waals surface area contributed by atoms with Crippen LogP contribution in [0.15, 0.2) is 78.9 Å². The highest BCUT2D eigenvalue weighted by atomic mass is 16.6. The van der Waals surface area contributed by atoms with E-state index in [1.165, 1.54) is 24.3 Å². The van der Waals surface area contributed by atoms with Crippen molar-refractivity contribution in [3.05, 3.63) is 106 Å². The smallest absolute Gasteiger partial charge is 0.270 e. The van der Waals surface area contributed by atoms with Crippen LogP contribution in [0.1, 0.15) is 39.2 Å². The van der Waals surface area contributed by atoms with E-state index in [2.05, 4.69) is 10.6 Å². The van der Waals surface area contributed by atoms with Crippen LogP contribution in [0.3, 0.4) is 0 Å². The van der Waals surface area contributed by atoms with Gasteiger partial charge in [0.1, 0.15) is 0 Å². The zero-order chi connectivity index (χ0) is 20.8. The average Bonchev–Trinajstić information content (AvgIpc) is 2.74. The van der Waals surface area contributed by atoms with Gasteiger partial charge in [-0.3, -0.25) is 19.7 Å². The summed E-state index contributed by atoms with van der Waals surface area (Å²) in [7, 11) is 0. The number of anilines is 1. The molecule has 7 nitrogen and oxygen atoms in total. The number of amides is 2. The number of non-ortho nitro benzene ring substituents is 1. The van der Waals surface area contributed by atoms with Crippen LogP contribution in [0.25, 0.3) is 0 Å². The van der Waals surface area contributed by atoms with Gasteiger partial charge in [-0.25, -0.2) is 0 Å². The maximum Gasteiger partial charge on any atom is 0.270 e. The summed E-state index contributed by atoms with van der Waals surface area (Å²) in [6.07, 6.45) is 0. The molecule has 0 aliphatic carbocycles. The molecule has 0 saturated carbocycles. The second-order valence-corrected chi connectivity index (χ2v) is 6.44. The summed E-state index contributed by atoms with van der Waals surface area (Å²) >= 11 is 0. The van der Waals surface area contributed by atoms with Crippen molar-refractivity contribution in [2.45, 2.75) is 13.0 Å². The number of rotatable bonds is 6. The van der Waals surface area contributed by atoms with Crippen molar-refractivity contribution in [1.82, 2.24) is 5.32 Å². The van der Waals surface area contributed by atoms with Gasteiger partial charge in [0, 0.05) is 28.9 Å². The Hall–Kier alpha value is -4.00. The molecule has 1 atom stereocenters. The lowest BCUT2D eigenvalue weighted by atomic mass is 10.1. The molecule has 0 aliphatic rings. The van der Waals surface area contributed by atoms with Crippen LogP contribution in [-0.4, -0.2) is 16.7 Å². The molecule has 0 aliphatic heterocycles. The number of benzene rings is 3. The lowest BCUT2D eigenvalue weighted by Crippen LogP contribution is -2.26. The zero-order valence-corrected chi connectivity index (χ0v) is 15.7. The molecule has 2 amide bonds. The van der Waals surface area contributed by atoms with Crippen LogP contribution >= 0.6 is 0 Å². The van der Waals surface area contributed by atoms with Crippen LogP contribution < -0.4 is 10.6 Å². The van der Waals surface area contributed by atoms with Gasteiger partial charge in [-0.1, -0.05) is 36.4 Å². The largest absolute Gasteiger partial charge is 0.346 e. The number of nitro groups is 1. The van der Waals surface area contributed by atoms with Gasteiger partial charge in [0.05, 0.1) is 11.0 Å². The topological polar surface area (TPSA) is 101 Å². The van der Waals surface area contributed by atoms with Crippen LogP contribution in [-0.2, 0) is 0 Å². The van der Waals surface area contributed by atoms with Crippen molar-refractivity contribution in [3.63, 3.8) is 0 Å². The maximum atomic E-state index is 12.4. The summed E-state index contributed by atoms with van der Waals surface area (Å²) in [6, 6.07) is 21.4. The highest BCUT2D eigenvalue weighted by molar-refractivity contribution is 6.05. The van der Waals surface area contributed by atoms with E-state index in [9.17, 15) is 19.7 Å². The van der Waals surface area contributed by atoms with Crippen molar-refractivity contribution in [3.8, 4) is 0 Å². The van der Waals surface area contributed by atoms with E-state index in [1.807, 2.05) is 37.3 Å². The monoisotopic (exact) mass is 389 g/mol. The summed E-state index contributed by atoms with van der Waals surface area (Å²) in [5.74, 6) is -0.693. The van der Waals surface area contributed by atoms with Gasteiger partial charge in [0.2, 0.25) is 0 Å². The molecule has 0 heterocycles. The molecule has 0 radical (unpaired) electrons. The first-order valence-corrected chi connectivity index (χ1v) is 8.96. The van der Waals surface area contributed by atoms with E-state index in [-0.39, 0.29) is 23.2 Å². The summed E-state index contributed by atoms with van der Waals surface area (Å²) in [5, 5.41) is 16.4. The lowest BCUT2D eigenvalue weighted by molar-refractivity contribution is -0.384. The van der Waals surface area contributed by atoms with Gasteiger partial charge in [-0.15, -0.1) is 0 Å². The molecule has 0 saturated heterocycles. The number of nitro benzene ring substituents is 1. The second kappa shape index (κ2) is 8.79. The minimum absolute atomic E-state index is 0.142. The predicted octanol–water partition coefficient (Wildman–Crippen LogP) is 4.34. The lowest BCUT2D eigenvalue weighted by Gasteiger charge is -2.14. The Balaban J connectivity index is 1.64. The van der Waals surface area contributed by atoms with Crippen molar-refractivity contribution < 1.29 is 14.5 Å². The van der Waals surface area contributed by atoms with Crippen LogP contribution in [0, 0.1) is 10.1 Å². The highest BCUT2D eigenvalue weighted by Crippen LogP contribution is 2.17. The molecule has 3 aromatic carbocycles. The molecule has 0 bridgehead atoms. The third kappa shape index (κ3) is 5.04. The predicted molar refractivity (Wildman–Crippen MR) is 110 cm³/mol. The van der Waals surface area contributed by atoms with E-state index >= 15 is 0 Å². The van der Waals surface area contributed by atoms with Crippen LogP contribution in [0.2, 0.25) is 0 Å². The van der Waals surface area contributed by atoms with Gasteiger partial charge in [-0.05, 0) is 42.8 Å². The zero-order valence-electron chi connectivity index (χ0n) is 15.7. The van der Waals surface area contributed by atoms with Crippen molar-refractivity contribution in [2.24, 2.45) is 0 Å². The molecule has 3 aromatic rings. The Kier molecular flexibility index (Phi) is 5.99. The Morgan fingerprint density at radius 2 is 1.55 bits per heavy atom. The molecule has 1 unspecified atom stereocenters. The molecule has 0 fully saturated rings. The molecule has 3 rings (SSSR count). The first kappa shape index (κ1) is 19.8. The molecule has 146 valence electrons. The standard InChI is InChI=1S/C22H19N3O4/c1-15(16-6-3-2-4-7-16)23-21(26)17-10-12-19(13-11-17)24-22(27)18-8-5-9-20(14-18)25(28)29/h2-15H,1H3,(H,23,26)(H,24,27). The molecule has 29 heavy (non-hydrogen) atoms. The molecular weight excluding hydrogens is 370 g/mol. The van der Waals surface area contributed by atoms with Crippen molar-refractivity contribution in [1.29, 1.82) is 0 Å². The quantitative estimate of drug-likeness (QED) is 0.484. The van der Waals surface area contributed by atoms with E-state index in [0.29, 0.717) is 11.3 Å². The van der Waals surface area contributed by atoms with Crippen molar-refractivity contribution in [2.75, 3.05) is 5.32 Å². The summed E-state index contributed by atoms with van der Waals surface area (Å²) in [6.45, 7) is 1.90. The number of nitrogens with zero attached hydrogens (tertiary/aromatic N) is 1. The summed E-state index contributed by atoms with van der Waals surface area (Å²) < 4.78 is 0. The van der Waals surface area contributed by atoms with Crippen LogP contribution in [0.5, 0.6) is 0 Å². The Morgan fingerprint density at radius 1 is 0.862 bits per heavy atom. The second-order valence-electron chi connectivity index (χ2n) is 6.44. The van der Waals surface area contributed by atoms with Crippen molar-refractivity contribution >= 4 is 23.2 Å². The summed E-state index contributed by atoms with van der Waals surface area (Å²) in [4.78, 5) is 35.0. The molecule has 0 spiro atoms. The molecule has 7 heteroatoms. The van der Waals surface area contributed by atoms with Gasteiger partial charge in [0.25, 0.3) is 17.5 Å². The van der Waals surface area contributed by atoms with Crippen LogP contribution in [0.4, 0.5) is 11.4 Å². The fraction of sp³-hybridized carbons (Fsp3) is 0.0909. The third-order valence-corrected chi connectivity index (χ3v) is 4.37. The van der Waals surface area contributed by atoms with Gasteiger partial charge < -0.3 is 10.6 Å². The fourth-order valence-corrected chi connectivity index (χ4v) is 2.77. The SMILES string of the molecule is CC(NC(=O)c1ccc(NC(=O)c2cccc([N+](=O)[O-])c2)cc1)c1ccccc1. The summed E-state index contributed by atoms with van der Waals surface area (Å²) in [5.41, 5.74) is 1.96. The maximum absolute atomic E-state index is 12.4. The molecule has 0 aromatic heterocycles. The number of nitrogens with one attached hydrogen (secondary N) is 2. The first-order valence-electron chi connectivity index (χ1n) is 8.96. The van der Waals surface area contributed by atoms with Gasteiger partial charge in [-0.2, -0.15) is 0 Å². The van der Waals surface area contributed by atoms with Gasteiger partial charge >= 0.3 is 0 Å². The normalized spacial score (nSPS) is 11.3. The van der Waals surface area contributed by atoms with E-state index < -0.39 is 10.8 Å². The fourth-order valence-electron chi connectivity index (χ4n) is 2.77. The van der Waals surface area contributed by atoms with Gasteiger partial charge in [0.15, 0.2) is 0 Å². The Labute approximate surface area is 167 Å².